The topological polar surface area (TPSA) is 83.5 Å². The van der Waals surface area contributed by atoms with Crippen molar-refractivity contribution >= 4 is 16.0 Å². The van der Waals surface area contributed by atoms with Gasteiger partial charge in [-0.15, -0.1) is 0 Å². The van der Waals surface area contributed by atoms with E-state index in [1.807, 2.05) is 0 Å². The first-order valence-corrected chi connectivity index (χ1v) is 7.34. The molecule has 0 spiro atoms. The fraction of sp³-hybridized carbons (Fsp3) is 0.417. The van der Waals surface area contributed by atoms with Crippen molar-refractivity contribution < 1.29 is 22.7 Å². The van der Waals surface area contributed by atoms with Gasteiger partial charge in [-0.3, -0.25) is 4.79 Å². The second kappa shape index (κ2) is 6.12. The Labute approximate surface area is 111 Å². The fourth-order valence-electron chi connectivity index (χ4n) is 1.55. The van der Waals surface area contributed by atoms with Crippen molar-refractivity contribution in [2.24, 2.45) is 5.92 Å². The van der Waals surface area contributed by atoms with Crippen LogP contribution in [0.4, 0.5) is 4.39 Å². The molecular weight excluding hydrogens is 273 g/mol. The molecule has 0 aliphatic carbocycles. The van der Waals surface area contributed by atoms with Crippen LogP contribution in [0, 0.1) is 11.7 Å². The van der Waals surface area contributed by atoms with E-state index in [-0.39, 0.29) is 11.5 Å². The number of hydrogen-bond donors (Lipinski definition) is 2. The van der Waals surface area contributed by atoms with Crippen LogP contribution in [-0.2, 0) is 20.6 Å². The van der Waals surface area contributed by atoms with E-state index in [1.54, 1.807) is 13.8 Å². The highest BCUT2D eigenvalue weighted by molar-refractivity contribution is 7.88. The summed E-state index contributed by atoms with van der Waals surface area (Å²) >= 11 is 0. The molecule has 0 fully saturated rings. The molecule has 0 unspecified atom stereocenters. The van der Waals surface area contributed by atoms with Crippen LogP contribution < -0.4 is 4.72 Å². The molecule has 0 aliphatic rings. The Morgan fingerprint density at radius 1 is 1.42 bits per heavy atom. The van der Waals surface area contributed by atoms with Gasteiger partial charge in [0.25, 0.3) is 0 Å². The molecule has 0 bridgehead atoms. The summed E-state index contributed by atoms with van der Waals surface area (Å²) in [5, 5.41) is 8.93. The number of carboxylic acids is 1. The number of aliphatic carboxylic acids is 1. The molecule has 5 nitrogen and oxygen atoms in total. The first kappa shape index (κ1) is 15.6. The second-order valence-electron chi connectivity index (χ2n) is 4.57. The Kier molecular flexibility index (Phi) is 5.02. The van der Waals surface area contributed by atoms with Crippen molar-refractivity contribution in [2.75, 3.05) is 0 Å². The molecule has 0 saturated carbocycles. The highest BCUT2D eigenvalue weighted by atomic mass is 32.2. The third kappa shape index (κ3) is 4.96. The zero-order valence-corrected chi connectivity index (χ0v) is 11.4. The van der Waals surface area contributed by atoms with E-state index in [4.69, 9.17) is 5.11 Å². The maximum absolute atomic E-state index is 13.0. The smallest absolute Gasteiger partial charge is 0.321 e. The molecule has 1 aromatic carbocycles. The van der Waals surface area contributed by atoms with Gasteiger partial charge >= 0.3 is 5.97 Å². The van der Waals surface area contributed by atoms with Crippen LogP contribution >= 0.6 is 0 Å². The highest BCUT2D eigenvalue weighted by Crippen LogP contribution is 2.10. The van der Waals surface area contributed by atoms with Crippen LogP contribution in [0.15, 0.2) is 24.3 Å². The number of benzene rings is 1. The van der Waals surface area contributed by atoms with Crippen LogP contribution in [0.25, 0.3) is 0 Å². The van der Waals surface area contributed by atoms with Gasteiger partial charge < -0.3 is 5.11 Å². The summed E-state index contributed by atoms with van der Waals surface area (Å²) in [4.78, 5) is 10.9. The average Bonchev–Trinajstić information content (AvgIpc) is 2.24. The highest BCUT2D eigenvalue weighted by Gasteiger charge is 2.26. The minimum atomic E-state index is -3.84. The van der Waals surface area contributed by atoms with Crippen LogP contribution in [0.1, 0.15) is 19.4 Å². The van der Waals surface area contributed by atoms with Gasteiger partial charge in [0.2, 0.25) is 10.0 Å². The molecule has 7 heteroatoms. The average molecular weight is 289 g/mol. The third-order valence-corrected chi connectivity index (χ3v) is 3.81. The van der Waals surface area contributed by atoms with Gasteiger partial charge in [0, 0.05) is 0 Å². The number of sulfonamides is 1. The molecule has 19 heavy (non-hydrogen) atoms. The van der Waals surface area contributed by atoms with Crippen LogP contribution in [-0.4, -0.2) is 25.5 Å². The Hall–Kier alpha value is -1.47. The van der Waals surface area contributed by atoms with Crippen LogP contribution in [0.2, 0.25) is 0 Å². The molecule has 1 atom stereocenters. The SMILES string of the molecule is CC(C)[C@H](NS(=O)(=O)Cc1cccc(F)c1)C(=O)O. The van der Waals surface area contributed by atoms with Gasteiger partial charge in [-0.2, -0.15) is 0 Å². The maximum Gasteiger partial charge on any atom is 0.321 e. The predicted octanol–water partition coefficient (Wildman–Crippen LogP) is 1.35. The van der Waals surface area contributed by atoms with E-state index in [0.29, 0.717) is 0 Å². The van der Waals surface area contributed by atoms with E-state index in [2.05, 4.69) is 4.72 Å². The minimum absolute atomic E-state index is 0.264. The van der Waals surface area contributed by atoms with Gasteiger partial charge in [0.15, 0.2) is 0 Å². The van der Waals surface area contributed by atoms with Gasteiger partial charge in [0.1, 0.15) is 11.9 Å². The van der Waals surface area contributed by atoms with Gasteiger partial charge in [0.05, 0.1) is 5.75 Å². The van der Waals surface area contributed by atoms with E-state index < -0.39 is 33.6 Å². The number of carboxylic acid groups (broad SMARTS) is 1. The molecule has 1 aromatic rings. The van der Waals surface area contributed by atoms with E-state index >= 15 is 0 Å². The lowest BCUT2D eigenvalue weighted by molar-refractivity contribution is -0.140. The third-order valence-electron chi connectivity index (χ3n) is 2.48. The summed E-state index contributed by atoms with van der Waals surface area (Å²) in [5.41, 5.74) is 0.264. The fourth-order valence-corrected chi connectivity index (χ4v) is 3.01. The van der Waals surface area contributed by atoms with Gasteiger partial charge in [-0.1, -0.05) is 26.0 Å². The Bertz CT molecular complexity index is 557. The number of carbonyl (C=O) groups is 1. The summed E-state index contributed by atoms with van der Waals surface area (Å²) in [6.45, 7) is 3.20. The van der Waals surface area contributed by atoms with Crippen molar-refractivity contribution in [1.29, 1.82) is 0 Å². The van der Waals surface area contributed by atoms with Crippen molar-refractivity contribution in [3.8, 4) is 0 Å². The first-order chi connectivity index (χ1) is 8.71. The summed E-state index contributed by atoms with van der Waals surface area (Å²) in [5.74, 6) is -2.62. The zero-order valence-electron chi connectivity index (χ0n) is 10.6. The summed E-state index contributed by atoms with van der Waals surface area (Å²) in [6.07, 6.45) is 0. The van der Waals surface area contributed by atoms with E-state index in [0.717, 1.165) is 6.07 Å². The molecule has 0 aliphatic heterocycles. The van der Waals surface area contributed by atoms with Crippen molar-refractivity contribution in [2.45, 2.75) is 25.6 Å². The van der Waals surface area contributed by atoms with Crippen LogP contribution in [0.5, 0.6) is 0 Å². The van der Waals surface area contributed by atoms with Crippen molar-refractivity contribution in [3.63, 3.8) is 0 Å². The number of nitrogens with one attached hydrogen (secondary N) is 1. The summed E-state index contributed by atoms with van der Waals surface area (Å²) in [6, 6.07) is 3.98. The largest absolute Gasteiger partial charge is 0.480 e. The van der Waals surface area contributed by atoms with Crippen LogP contribution in [0.3, 0.4) is 0 Å². The van der Waals surface area contributed by atoms with E-state index in [9.17, 15) is 17.6 Å². The Balaban J connectivity index is 2.84. The molecular formula is C12H16FNO4S. The minimum Gasteiger partial charge on any atom is -0.480 e. The lowest BCUT2D eigenvalue weighted by Crippen LogP contribution is -2.44. The molecule has 106 valence electrons. The quantitative estimate of drug-likeness (QED) is 0.828. The molecule has 1 rings (SSSR count). The monoisotopic (exact) mass is 289 g/mol. The Morgan fingerprint density at radius 2 is 2.05 bits per heavy atom. The summed E-state index contributed by atoms with van der Waals surface area (Å²) in [7, 11) is -3.84. The normalized spacial score (nSPS) is 13.5. The number of hydrogen-bond acceptors (Lipinski definition) is 3. The van der Waals surface area contributed by atoms with E-state index in [1.165, 1.54) is 18.2 Å². The lowest BCUT2D eigenvalue weighted by atomic mass is 10.1. The molecule has 0 radical (unpaired) electrons. The number of rotatable bonds is 6. The molecule has 0 amide bonds. The van der Waals surface area contributed by atoms with Crippen molar-refractivity contribution in [3.05, 3.63) is 35.6 Å². The van der Waals surface area contributed by atoms with Gasteiger partial charge in [-0.05, 0) is 23.6 Å². The lowest BCUT2D eigenvalue weighted by Gasteiger charge is -2.17. The Morgan fingerprint density at radius 3 is 2.53 bits per heavy atom. The van der Waals surface area contributed by atoms with Crippen molar-refractivity contribution in [1.82, 2.24) is 4.72 Å². The summed E-state index contributed by atoms with van der Waals surface area (Å²) < 4.78 is 38.7. The molecule has 2 N–H and O–H groups in total. The zero-order chi connectivity index (χ0) is 14.6. The molecule has 0 aromatic heterocycles. The van der Waals surface area contributed by atoms with Gasteiger partial charge in [-0.25, -0.2) is 17.5 Å². The standard InChI is InChI=1S/C12H16FNO4S/c1-8(2)11(12(15)16)14-19(17,18)7-9-4-3-5-10(13)6-9/h3-6,8,11,14H,7H2,1-2H3,(H,15,16)/t11-/m0/s1. The predicted molar refractivity (Wildman–Crippen MR) is 68.4 cm³/mol. The second-order valence-corrected chi connectivity index (χ2v) is 6.32. The molecule has 0 saturated heterocycles. The maximum atomic E-state index is 13.0. The number of halogens is 1. The molecule has 0 heterocycles. The first-order valence-electron chi connectivity index (χ1n) is 5.68.